The number of alkyl halides is 6. The maximum atomic E-state index is 14.0. The summed E-state index contributed by atoms with van der Waals surface area (Å²) in [6.45, 7) is 3.52. The van der Waals surface area contributed by atoms with Crippen molar-refractivity contribution in [2.75, 3.05) is 5.32 Å². The maximum absolute atomic E-state index is 14.0. The Hall–Kier alpha value is -4.22. The maximum Gasteiger partial charge on any atom is 0.417 e. The Bertz CT molecular complexity index is 1490. The van der Waals surface area contributed by atoms with E-state index < -0.39 is 41.2 Å². The zero-order valence-electron chi connectivity index (χ0n) is 21.3. The van der Waals surface area contributed by atoms with Gasteiger partial charge in [-0.05, 0) is 53.6 Å². The third-order valence-corrected chi connectivity index (χ3v) is 6.43. The molecule has 0 saturated heterocycles. The number of halogens is 7. The Kier molecular flexibility index (Phi) is 8.50. The van der Waals surface area contributed by atoms with Gasteiger partial charge in [-0.15, -0.1) is 0 Å². The minimum atomic E-state index is -4.73. The van der Waals surface area contributed by atoms with Crippen molar-refractivity contribution in [3.8, 4) is 0 Å². The minimum absolute atomic E-state index is 0.0184. The van der Waals surface area contributed by atoms with Crippen LogP contribution in [0.2, 0.25) is 0 Å². The quantitative estimate of drug-likeness (QED) is 0.144. The average Bonchev–Trinajstić information content (AvgIpc) is 2.93. The molecule has 0 aliphatic rings. The van der Waals surface area contributed by atoms with Crippen LogP contribution < -0.4 is 10.6 Å². The first-order chi connectivity index (χ1) is 19.3. The van der Waals surface area contributed by atoms with Crippen LogP contribution in [-0.2, 0) is 24.3 Å². The first-order valence-electron chi connectivity index (χ1n) is 12.2. The fourth-order valence-electron chi connectivity index (χ4n) is 4.44. The predicted octanol–water partition coefficient (Wildman–Crippen LogP) is 7.37. The summed E-state index contributed by atoms with van der Waals surface area (Å²) in [6, 6.07) is 18.4. The average molecular weight is 576 g/mol. The minimum Gasteiger partial charge on any atom is -0.361 e. The Morgan fingerprint density at radius 3 is 2.10 bits per heavy atom. The number of anilines is 1. The SMILES string of the molecule is C=Cc1cc(NC(O)NC(Cc2ccccc2)(c2cccc(C(F)(F)F)c2)c2ccc(C(F)(F)F)cn2)ccc1F. The molecular formula is C30H24F7N3O. The van der Waals surface area contributed by atoms with Gasteiger partial charge in [0, 0.05) is 23.9 Å². The molecule has 4 nitrogen and oxygen atoms in total. The van der Waals surface area contributed by atoms with Crippen molar-refractivity contribution in [1.29, 1.82) is 0 Å². The molecule has 0 fully saturated rings. The number of rotatable bonds is 9. The van der Waals surface area contributed by atoms with E-state index in [9.17, 15) is 35.8 Å². The zero-order chi connectivity index (χ0) is 29.8. The van der Waals surface area contributed by atoms with E-state index in [1.165, 1.54) is 30.3 Å². The van der Waals surface area contributed by atoms with Crippen molar-refractivity contribution in [2.24, 2.45) is 0 Å². The van der Waals surface area contributed by atoms with E-state index in [-0.39, 0.29) is 28.9 Å². The van der Waals surface area contributed by atoms with Crippen LogP contribution in [0.3, 0.4) is 0 Å². The van der Waals surface area contributed by atoms with Gasteiger partial charge in [0.2, 0.25) is 0 Å². The summed E-state index contributed by atoms with van der Waals surface area (Å²) in [5, 5.41) is 16.7. The van der Waals surface area contributed by atoms with Crippen LogP contribution >= 0.6 is 0 Å². The van der Waals surface area contributed by atoms with E-state index in [2.05, 4.69) is 22.2 Å². The van der Waals surface area contributed by atoms with Gasteiger partial charge in [0.15, 0.2) is 6.35 Å². The molecule has 214 valence electrons. The lowest BCUT2D eigenvalue weighted by molar-refractivity contribution is -0.138. The first-order valence-corrected chi connectivity index (χ1v) is 12.2. The second-order valence-corrected chi connectivity index (χ2v) is 9.21. The highest BCUT2D eigenvalue weighted by molar-refractivity contribution is 5.57. The number of hydrogen-bond acceptors (Lipinski definition) is 4. The number of aliphatic hydroxyl groups excluding tert-OH is 1. The molecular weight excluding hydrogens is 551 g/mol. The van der Waals surface area contributed by atoms with Gasteiger partial charge in [-0.1, -0.05) is 55.1 Å². The molecule has 2 atom stereocenters. The molecule has 0 spiro atoms. The molecule has 1 aromatic heterocycles. The summed E-state index contributed by atoms with van der Waals surface area (Å²) >= 11 is 0. The van der Waals surface area contributed by atoms with Crippen molar-refractivity contribution < 1.29 is 35.8 Å². The monoisotopic (exact) mass is 575 g/mol. The Balaban J connectivity index is 1.88. The summed E-state index contributed by atoms with van der Waals surface area (Å²) in [6.07, 6.45) is -9.40. The molecule has 2 unspecified atom stereocenters. The van der Waals surface area contributed by atoms with Crippen LogP contribution in [0.25, 0.3) is 6.08 Å². The van der Waals surface area contributed by atoms with Crippen molar-refractivity contribution >= 4 is 11.8 Å². The molecule has 3 aromatic carbocycles. The number of aliphatic hydroxyl groups is 1. The predicted molar refractivity (Wildman–Crippen MR) is 141 cm³/mol. The van der Waals surface area contributed by atoms with Gasteiger partial charge in [0.25, 0.3) is 0 Å². The fourth-order valence-corrected chi connectivity index (χ4v) is 4.44. The largest absolute Gasteiger partial charge is 0.417 e. The van der Waals surface area contributed by atoms with Crippen molar-refractivity contribution in [1.82, 2.24) is 10.3 Å². The van der Waals surface area contributed by atoms with Crippen LogP contribution in [0.5, 0.6) is 0 Å². The molecule has 41 heavy (non-hydrogen) atoms. The lowest BCUT2D eigenvalue weighted by Crippen LogP contribution is -2.53. The van der Waals surface area contributed by atoms with Gasteiger partial charge in [-0.25, -0.2) is 4.39 Å². The lowest BCUT2D eigenvalue weighted by Gasteiger charge is -2.38. The Morgan fingerprint density at radius 1 is 0.805 bits per heavy atom. The number of aromatic nitrogens is 1. The number of benzene rings is 3. The van der Waals surface area contributed by atoms with Crippen molar-refractivity contribution in [3.63, 3.8) is 0 Å². The van der Waals surface area contributed by atoms with Gasteiger partial charge in [-0.2, -0.15) is 26.3 Å². The van der Waals surface area contributed by atoms with Crippen LogP contribution in [0, 0.1) is 5.82 Å². The highest BCUT2D eigenvalue weighted by Gasteiger charge is 2.41. The van der Waals surface area contributed by atoms with Crippen LogP contribution in [0.15, 0.2) is 97.7 Å². The Morgan fingerprint density at radius 2 is 1.49 bits per heavy atom. The fraction of sp³-hybridized carbons (Fsp3) is 0.167. The third kappa shape index (κ3) is 6.93. The molecule has 4 rings (SSSR count). The number of pyridine rings is 1. The van der Waals surface area contributed by atoms with Gasteiger partial charge in [-0.3, -0.25) is 10.3 Å². The third-order valence-electron chi connectivity index (χ3n) is 6.43. The molecule has 0 aliphatic heterocycles. The molecule has 3 N–H and O–H groups in total. The van der Waals surface area contributed by atoms with E-state index in [4.69, 9.17) is 0 Å². The van der Waals surface area contributed by atoms with Crippen molar-refractivity contribution in [3.05, 3.63) is 137 Å². The number of hydrogen-bond donors (Lipinski definition) is 3. The summed E-state index contributed by atoms with van der Waals surface area (Å²) in [5.74, 6) is -0.565. The summed E-state index contributed by atoms with van der Waals surface area (Å²) < 4.78 is 95.3. The summed E-state index contributed by atoms with van der Waals surface area (Å²) in [4.78, 5) is 4.02. The molecule has 11 heteroatoms. The zero-order valence-corrected chi connectivity index (χ0v) is 21.3. The lowest BCUT2D eigenvalue weighted by atomic mass is 9.79. The molecule has 0 radical (unpaired) electrons. The first kappa shape index (κ1) is 29.8. The van der Waals surface area contributed by atoms with E-state index in [1.54, 1.807) is 30.3 Å². The highest BCUT2D eigenvalue weighted by Crippen LogP contribution is 2.38. The summed E-state index contributed by atoms with van der Waals surface area (Å²) in [5.41, 5.74) is -2.99. The van der Waals surface area contributed by atoms with Crippen LogP contribution in [0.4, 0.5) is 36.4 Å². The summed E-state index contributed by atoms with van der Waals surface area (Å²) in [7, 11) is 0. The van der Waals surface area contributed by atoms with E-state index in [0.717, 1.165) is 30.3 Å². The molecule has 4 aromatic rings. The van der Waals surface area contributed by atoms with Gasteiger partial charge < -0.3 is 10.4 Å². The Labute approximate surface area is 231 Å². The standard InChI is InChI=1S/C30H24F7N3O/c1-2-20-15-24(12-13-25(20)31)39-27(41)40-28(17-19-7-4-3-5-8-19,21-9-6-10-22(16-21)29(32,33)34)26-14-11-23(18-38-26)30(35,36)37/h2-16,18,27,39-41H,1,17H2. The van der Waals surface area contributed by atoms with Gasteiger partial charge in [0.1, 0.15) is 5.82 Å². The molecule has 0 saturated carbocycles. The molecule has 0 aliphatic carbocycles. The molecule has 1 heterocycles. The van der Waals surface area contributed by atoms with Crippen molar-refractivity contribution in [2.45, 2.75) is 30.7 Å². The van der Waals surface area contributed by atoms with E-state index in [0.29, 0.717) is 11.8 Å². The molecule has 0 amide bonds. The number of nitrogens with zero attached hydrogens (tertiary/aromatic N) is 1. The van der Waals surface area contributed by atoms with E-state index in [1.807, 2.05) is 0 Å². The second kappa shape index (κ2) is 11.7. The van der Waals surface area contributed by atoms with Gasteiger partial charge >= 0.3 is 12.4 Å². The van der Waals surface area contributed by atoms with Gasteiger partial charge in [0.05, 0.1) is 22.4 Å². The van der Waals surface area contributed by atoms with Crippen LogP contribution in [-0.4, -0.2) is 16.4 Å². The van der Waals surface area contributed by atoms with Crippen LogP contribution in [0.1, 0.15) is 33.5 Å². The highest BCUT2D eigenvalue weighted by atomic mass is 19.4. The second-order valence-electron chi connectivity index (χ2n) is 9.21. The normalized spacial score (nSPS) is 14.2. The number of nitrogens with one attached hydrogen (secondary N) is 2. The van der Waals surface area contributed by atoms with E-state index >= 15 is 0 Å². The molecule has 0 bridgehead atoms. The smallest absolute Gasteiger partial charge is 0.361 e. The topological polar surface area (TPSA) is 57.2 Å².